The van der Waals surface area contributed by atoms with Gasteiger partial charge in [0.05, 0.1) is 12.7 Å². The molecule has 0 spiro atoms. The molecular formula is C12H27NO2. The average molecular weight is 217 g/mol. The summed E-state index contributed by atoms with van der Waals surface area (Å²) in [5.74, 6) is 0. The molecule has 0 amide bonds. The van der Waals surface area contributed by atoms with Gasteiger partial charge in [0.15, 0.2) is 0 Å². The van der Waals surface area contributed by atoms with Crippen molar-refractivity contribution >= 4 is 0 Å². The lowest BCUT2D eigenvalue weighted by molar-refractivity contribution is 0.00696. The van der Waals surface area contributed by atoms with E-state index in [0.717, 1.165) is 6.54 Å². The second-order valence-electron chi connectivity index (χ2n) is 5.27. The number of aliphatic hydroxyl groups excluding tert-OH is 1. The van der Waals surface area contributed by atoms with Gasteiger partial charge in [0, 0.05) is 19.7 Å². The predicted molar refractivity (Wildman–Crippen MR) is 64.0 cm³/mol. The standard InChI is InChI=1S/C12H27NO2/c1-7-13(10(2)9-15-6)8-11(14)12(3,4)5/h10-11,14H,7-9H2,1-6H3. The lowest BCUT2D eigenvalue weighted by atomic mass is 9.88. The predicted octanol–water partition coefficient (Wildman–Crippen LogP) is 1.75. The SMILES string of the molecule is CCN(CC(O)C(C)(C)C)C(C)COC. The smallest absolute Gasteiger partial charge is 0.0715 e. The maximum Gasteiger partial charge on any atom is 0.0715 e. The molecule has 0 saturated heterocycles. The number of hydrogen-bond acceptors (Lipinski definition) is 3. The van der Waals surface area contributed by atoms with Crippen molar-refractivity contribution in [2.45, 2.75) is 46.8 Å². The molecule has 0 aliphatic heterocycles. The summed E-state index contributed by atoms with van der Waals surface area (Å²) < 4.78 is 5.13. The first-order chi connectivity index (χ1) is 6.82. The largest absolute Gasteiger partial charge is 0.391 e. The highest BCUT2D eigenvalue weighted by atomic mass is 16.5. The number of likely N-dealkylation sites (N-methyl/N-ethyl adjacent to an activating group) is 1. The van der Waals surface area contributed by atoms with E-state index >= 15 is 0 Å². The topological polar surface area (TPSA) is 32.7 Å². The number of ether oxygens (including phenoxy) is 1. The Bertz CT molecular complexity index is 165. The molecule has 0 saturated carbocycles. The molecule has 0 heterocycles. The Morgan fingerprint density at radius 3 is 2.20 bits per heavy atom. The van der Waals surface area contributed by atoms with E-state index < -0.39 is 0 Å². The van der Waals surface area contributed by atoms with E-state index in [-0.39, 0.29) is 11.5 Å². The van der Waals surface area contributed by atoms with Crippen molar-refractivity contribution in [2.75, 3.05) is 26.8 Å². The Morgan fingerprint density at radius 1 is 1.33 bits per heavy atom. The van der Waals surface area contributed by atoms with E-state index in [9.17, 15) is 5.11 Å². The number of hydrogen-bond donors (Lipinski definition) is 1. The molecule has 2 atom stereocenters. The molecule has 0 rings (SSSR count). The molecule has 0 fully saturated rings. The molecule has 1 N–H and O–H groups in total. The van der Waals surface area contributed by atoms with Crippen molar-refractivity contribution in [1.29, 1.82) is 0 Å². The van der Waals surface area contributed by atoms with Crippen molar-refractivity contribution in [3.05, 3.63) is 0 Å². The fourth-order valence-electron chi connectivity index (χ4n) is 1.46. The normalized spacial score (nSPS) is 16.8. The van der Waals surface area contributed by atoms with Gasteiger partial charge in [-0.3, -0.25) is 4.90 Å². The van der Waals surface area contributed by atoms with Crippen LogP contribution < -0.4 is 0 Å². The van der Waals surface area contributed by atoms with Crippen LogP contribution >= 0.6 is 0 Å². The third-order valence-electron chi connectivity index (χ3n) is 2.84. The van der Waals surface area contributed by atoms with E-state index in [1.54, 1.807) is 7.11 Å². The minimum absolute atomic E-state index is 0.0553. The summed E-state index contributed by atoms with van der Waals surface area (Å²) in [4.78, 5) is 2.25. The van der Waals surface area contributed by atoms with Crippen LogP contribution in [-0.4, -0.2) is 49.0 Å². The van der Waals surface area contributed by atoms with Crippen LogP contribution in [0.3, 0.4) is 0 Å². The van der Waals surface area contributed by atoms with Gasteiger partial charge in [0.25, 0.3) is 0 Å². The average Bonchev–Trinajstić information content (AvgIpc) is 2.12. The fourth-order valence-corrected chi connectivity index (χ4v) is 1.46. The molecule has 2 unspecified atom stereocenters. The first-order valence-electron chi connectivity index (χ1n) is 5.74. The molecule has 0 aromatic heterocycles. The Morgan fingerprint density at radius 2 is 1.87 bits per heavy atom. The van der Waals surface area contributed by atoms with E-state index in [2.05, 4.69) is 39.5 Å². The van der Waals surface area contributed by atoms with E-state index in [0.29, 0.717) is 19.2 Å². The second kappa shape index (κ2) is 6.46. The summed E-state index contributed by atoms with van der Waals surface area (Å²) >= 11 is 0. The monoisotopic (exact) mass is 217 g/mol. The molecule has 0 aromatic rings. The van der Waals surface area contributed by atoms with Crippen molar-refractivity contribution in [1.82, 2.24) is 4.90 Å². The highest BCUT2D eigenvalue weighted by Gasteiger charge is 2.25. The van der Waals surface area contributed by atoms with Crippen molar-refractivity contribution in [3.63, 3.8) is 0 Å². The Kier molecular flexibility index (Phi) is 6.41. The van der Waals surface area contributed by atoms with Crippen LogP contribution in [0.2, 0.25) is 0 Å². The van der Waals surface area contributed by atoms with Gasteiger partial charge in [0.2, 0.25) is 0 Å². The van der Waals surface area contributed by atoms with Crippen LogP contribution in [0.5, 0.6) is 0 Å². The van der Waals surface area contributed by atoms with E-state index in [1.165, 1.54) is 0 Å². The zero-order chi connectivity index (χ0) is 12.1. The Labute approximate surface area is 94.4 Å². The molecule has 0 aliphatic rings. The molecular weight excluding hydrogens is 190 g/mol. The van der Waals surface area contributed by atoms with Gasteiger partial charge >= 0.3 is 0 Å². The minimum Gasteiger partial charge on any atom is -0.391 e. The van der Waals surface area contributed by atoms with Crippen LogP contribution in [0.15, 0.2) is 0 Å². The first kappa shape index (κ1) is 14.9. The second-order valence-corrected chi connectivity index (χ2v) is 5.27. The van der Waals surface area contributed by atoms with E-state index in [4.69, 9.17) is 4.74 Å². The van der Waals surface area contributed by atoms with Gasteiger partial charge < -0.3 is 9.84 Å². The first-order valence-corrected chi connectivity index (χ1v) is 5.74. The van der Waals surface area contributed by atoms with Crippen LogP contribution in [0.4, 0.5) is 0 Å². The number of methoxy groups -OCH3 is 1. The summed E-state index contributed by atoms with van der Waals surface area (Å²) in [6, 6.07) is 0.358. The quantitative estimate of drug-likeness (QED) is 0.736. The van der Waals surface area contributed by atoms with Crippen LogP contribution in [-0.2, 0) is 4.74 Å². The number of aliphatic hydroxyl groups is 1. The van der Waals surface area contributed by atoms with Crippen molar-refractivity contribution in [3.8, 4) is 0 Å². The Balaban J connectivity index is 4.20. The molecule has 0 bridgehead atoms. The lowest BCUT2D eigenvalue weighted by Crippen LogP contribution is -2.44. The molecule has 0 aromatic carbocycles. The van der Waals surface area contributed by atoms with Gasteiger partial charge in [-0.25, -0.2) is 0 Å². The zero-order valence-electron chi connectivity index (χ0n) is 11.1. The number of rotatable bonds is 6. The summed E-state index contributed by atoms with van der Waals surface area (Å²) in [5, 5.41) is 10.0. The molecule has 3 nitrogen and oxygen atoms in total. The summed E-state index contributed by atoms with van der Waals surface area (Å²) in [6.45, 7) is 12.8. The van der Waals surface area contributed by atoms with Crippen LogP contribution in [0.1, 0.15) is 34.6 Å². The maximum atomic E-state index is 10.0. The van der Waals surface area contributed by atoms with Crippen LogP contribution in [0.25, 0.3) is 0 Å². The number of nitrogens with zero attached hydrogens (tertiary/aromatic N) is 1. The molecule has 15 heavy (non-hydrogen) atoms. The zero-order valence-corrected chi connectivity index (χ0v) is 11.1. The Hall–Kier alpha value is -0.120. The fraction of sp³-hybridized carbons (Fsp3) is 1.00. The highest BCUT2D eigenvalue weighted by Crippen LogP contribution is 2.20. The van der Waals surface area contributed by atoms with Crippen molar-refractivity contribution < 1.29 is 9.84 Å². The molecule has 3 heteroatoms. The minimum atomic E-state index is -0.295. The van der Waals surface area contributed by atoms with Crippen LogP contribution in [0, 0.1) is 5.41 Å². The van der Waals surface area contributed by atoms with Gasteiger partial charge in [-0.1, -0.05) is 27.7 Å². The third-order valence-corrected chi connectivity index (χ3v) is 2.84. The van der Waals surface area contributed by atoms with Gasteiger partial charge in [-0.15, -0.1) is 0 Å². The summed E-state index contributed by atoms with van der Waals surface area (Å²) in [6.07, 6.45) is -0.295. The third kappa shape index (κ3) is 5.50. The van der Waals surface area contributed by atoms with E-state index in [1.807, 2.05) is 0 Å². The van der Waals surface area contributed by atoms with Gasteiger partial charge in [-0.2, -0.15) is 0 Å². The molecule has 0 aliphatic carbocycles. The summed E-state index contributed by atoms with van der Waals surface area (Å²) in [7, 11) is 1.71. The highest BCUT2D eigenvalue weighted by molar-refractivity contribution is 4.78. The van der Waals surface area contributed by atoms with Gasteiger partial charge in [-0.05, 0) is 18.9 Å². The summed E-state index contributed by atoms with van der Waals surface area (Å²) in [5.41, 5.74) is -0.0553. The lowest BCUT2D eigenvalue weighted by Gasteiger charge is -2.34. The maximum absolute atomic E-state index is 10.0. The molecule has 0 radical (unpaired) electrons. The van der Waals surface area contributed by atoms with Gasteiger partial charge in [0.1, 0.15) is 0 Å². The molecule has 92 valence electrons. The van der Waals surface area contributed by atoms with Crippen molar-refractivity contribution in [2.24, 2.45) is 5.41 Å².